The Balaban J connectivity index is 2.36. The predicted octanol–water partition coefficient (Wildman–Crippen LogP) is 4.14. The minimum atomic E-state index is 0.0123. The van der Waals surface area contributed by atoms with Crippen LogP contribution in [0.5, 0.6) is 0 Å². The van der Waals surface area contributed by atoms with E-state index in [2.05, 4.69) is 11.9 Å². The second kappa shape index (κ2) is 6.06. The Morgan fingerprint density at radius 1 is 1.30 bits per heavy atom. The summed E-state index contributed by atoms with van der Waals surface area (Å²) in [5.74, 6) is 0.700. The van der Waals surface area contributed by atoms with Crippen molar-refractivity contribution in [3.8, 4) is 0 Å². The highest BCUT2D eigenvalue weighted by atomic mass is 35.5. The van der Waals surface area contributed by atoms with E-state index < -0.39 is 0 Å². The van der Waals surface area contributed by atoms with Crippen molar-refractivity contribution in [3.05, 3.63) is 58.7 Å². The predicted molar refractivity (Wildman–Crippen MR) is 82.5 cm³/mol. The Kier molecular flexibility index (Phi) is 4.40. The summed E-state index contributed by atoms with van der Waals surface area (Å²) in [7, 11) is 1.93. The topological polar surface area (TPSA) is 33.2 Å². The van der Waals surface area contributed by atoms with Crippen LogP contribution in [-0.2, 0) is 0 Å². The van der Waals surface area contributed by atoms with Crippen molar-refractivity contribution in [2.24, 2.45) is 0 Å². The van der Waals surface area contributed by atoms with Crippen LogP contribution in [0.3, 0.4) is 0 Å². The number of hydrogen-bond acceptors (Lipinski definition) is 3. The summed E-state index contributed by atoms with van der Waals surface area (Å²) >= 11 is 6.03. The van der Waals surface area contributed by atoms with Crippen LogP contribution >= 0.6 is 11.6 Å². The first-order valence-electron chi connectivity index (χ1n) is 6.45. The largest absolute Gasteiger partial charge is 0.352 e. The van der Waals surface area contributed by atoms with Gasteiger partial charge >= 0.3 is 0 Å². The van der Waals surface area contributed by atoms with Crippen molar-refractivity contribution in [2.75, 3.05) is 11.9 Å². The molecule has 0 saturated heterocycles. The Morgan fingerprint density at radius 3 is 2.70 bits per heavy atom. The van der Waals surface area contributed by atoms with Gasteiger partial charge in [-0.15, -0.1) is 0 Å². The second-order valence-electron chi connectivity index (χ2n) is 4.77. The molecule has 0 saturated carbocycles. The van der Waals surface area contributed by atoms with Gasteiger partial charge in [-0.05, 0) is 43.7 Å². The summed E-state index contributed by atoms with van der Waals surface area (Å²) in [5.41, 5.74) is 1.71. The van der Waals surface area contributed by atoms with Gasteiger partial charge in [-0.2, -0.15) is 0 Å². The van der Waals surface area contributed by atoms with Crippen molar-refractivity contribution in [1.29, 1.82) is 0 Å². The lowest BCUT2D eigenvalue weighted by molar-refractivity contribution is 0.101. The number of aromatic nitrogens is 1. The highest BCUT2D eigenvalue weighted by Gasteiger charge is 2.18. The van der Waals surface area contributed by atoms with E-state index in [1.807, 2.05) is 36.2 Å². The van der Waals surface area contributed by atoms with Crippen LogP contribution in [0.4, 0.5) is 5.82 Å². The molecule has 0 amide bonds. The van der Waals surface area contributed by atoms with Gasteiger partial charge in [-0.3, -0.25) is 4.79 Å². The number of nitrogens with zero attached hydrogens (tertiary/aromatic N) is 2. The summed E-state index contributed by atoms with van der Waals surface area (Å²) in [6.07, 6.45) is 1.70. The number of anilines is 1. The van der Waals surface area contributed by atoms with Crippen LogP contribution in [0.1, 0.15) is 35.8 Å². The monoisotopic (exact) mass is 288 g/mol. The molecular weight excluding hydrogens is 272 g/mol. The van der Waals surface area contributed by atoms with Crippen molar-refractivity contribution in [3.63, 3.8) is 0 Å². The van der Waals surface area contributed by atoms with Gasteiger partial charge in [0.25, 0.3) is 0 Å². The first kappa shape index (κ1) is 14.5. The van der Waals surface area contributed by atoms with Gasteiger partial charge in [0.1, 0.15) is 5.82 Å². The molecule has 0 fully saturated rings. The molecule has 0 aliphatic heterocycles. The smallest absolute Gasteiger partial charge is 0.163 e. The highest BCUT2D eigenvalue weighted by Crippen LogP contribution is 2.27. The molecule has 1 atom stereocenters. The van der Waals surface area contributed by atoms with Gasteiger partial charge in [-0.25, -0.2) is 4.98 Å². The summed E-state index contributed by atoms with van der Waals surface area (Å²) in [5, 5.41) is 0.704. The first-order valence-corrected chi connectivity index (χ1v) is 6.82. The quantitative estimate of drug-likeness (QED) is 0.793. The van der Waals surface area contributed by atoms with Gasteiger partial charge in [0.05, 0.1) is 11.6 Å². The number of pyridine rings is 1. The molecule has 0 bridgehead atoms. The molecule has 2 rings (SSSR count). The second-order valence-corrected chi connectivity index (χ2v) is 5.21. The third kappa shape index (κ3) is 2.99. The Labute approximate surface area is 124 Å². The van der Waals surface area contributed by atoms with Crippen molar-refractivity contribution in [1.82, 2.24) is 4.98 Å². The highest BCUT2D eigenvalue weighted by molar-refractivity contribution is 6.30. The number of Topliss-reactive ketones (excluding diaryl/α,β-unsaturated/α-hetero) is 1. The molecular formula is C16H17ClN2O. The fourth-order valence-electron chi connectivity index (χ4n) is 2.13. The number of benzene rings is 1. The fourth-order valence-corrected chi connectivity index (χ4v) is 2.33. The van der Waals surface area contributed by atoms with Gasteiger partial charge in [0.2, 0.25) is 0 Å². The van der Waals surface area contributed by atoms with Gasteiger partial charge in [0.15, 0.2) is 5.78 Å². The number of hydrogen-bond donors (Lipinski definition) is 0. The molecule has 0 spiro atoms. The number of carbonyl (C=O) groups excluding carboxylic acids is 1. The van der Waals surface area contributed by atoms with Crippen LogP contribution in [0, 0.1) is 0 Å². The Hall–Kier alpha value is -1.87. The molecule has 0 radical (unpaired) electrons. The summed E-state index contributed by atoms with van der Waals surface area (Å²) < 4.78 is 0. The molecule has 3 nitrogen and oxygen atoms in total. The summed E-state index contributed by atoms with van der Waals surface area (Å²) in [6.45, 7) is 3.61. The van der Waals surface area contributed by atoms with E-state index in [1.54, 1.807) is 25.3 Å². The van der Waals surface area contributed by atoms with Crippen molar-refractivity contribution in [2.45, 2.75) is 19.9 Å². The van der Waals surface area contributed by atoms with Crippen LogP contribution < -0.4 is 4.90 Å². The van der Waals surface area contributed by atoms with E-state index in [0.717, 1.165) is 5.56 Å². The normalized spacial score (nSPS) is 12.0. The first-order chi connectivity index (χ1) is 9.50. The Morgan fingerprint density at radius 2 is 2.05 bits per heavy atom. The third-order valence-electron chi connectivity index (χ3n) is 3.41. The average molecular weight is 289 g/mol. The zero-order valence-corrected chi connectivity index (χ0v) is 12.6. The molecule has 1 unspecified atom stereocenters. The maximum Gasteiger partial charge on any atom is 0.163 e. The third-order valence-corrected chi connectivity index (χ3v) is 3.65. The lowest BCUT2D eigenvalue weighted by atomic mass is 10.1. The maximum atomic E-state index is 11.7. The van der Waals surface area contributed by atoms with Crippen LogP contribution in [0.2, 0.25) is 5.02 Å². The molecule has 0 N–H and O–H groups in total. The molecule has 4 heteroatoms. The molecule has 1 aromatic heterocycles. The molecule has 0 aliphatic rings. The van der Waals surface area contributed by atoms with Crippen molar-refractivity contribution < 1.29 is 4.79 Å². The van der Waals surface area contributed by atoms with Crippen LogP contribution in [-0.4, -0.2) is 17.8 Å². The van der Waals surface area contributed by atoms with Crippen LogP contribution in [0.15, 0.2) is 42.6 Å². The molecule has 0 aliphatic carbocycles. The van der Waals surface area contributed by atoms with E-state index in [9.17, 15) is 4.79 Å². The van der Waals surface area contributed by atoms with Gasteiger partial charge < -0.3 is 4.90 Å². The minimum Gasteiger partial charge on any atom is -0.352 e. The number of carbonyl (C=O) groups is 1. The van der Waals surface area contributed by atoms with Gasteiger partial charge in [-0.1, -0.05) is 23.7 Å². The van der Waals surface area contributed by atoms with E-state index >= 15 is 0 Å². The van der Waals surface area contributed by atoms with E-state index in [1.165, 1.54) is 0 Å². The van der Waals surface area contributed by atoms with E-state index in [0.29, 0.717) is 16.4 Å². The van der Waals surface area contributed by atoms with E-state index in [-0.39, 0.29) is 11.8 Å². The zero-order chi connectivity index (χ0) is 14.7. The number of rotatable bonds is 4. The summed E-state index contributed by atoms with van der Waals surface area (Å²) in [4.78, 5) is 18.0. The minimum absolute atomic E-state index is 0.0123. The average Bonchev–Trinajstić information content (AvgIpc) is 2.45. The molecule has 1 heterocycles. The van der Waals surface area contributed by atoms with Crippen molar-refractivity contribution >= 4 is 23.2 Å². The number of halogens is 1. The molecule has 2 aromatic rings. The summed E-state index contributed by atoms with van der Waals surface area (Å²) in [6, 6.07) is 11.4. The zero-order valence-electron chi connectivity index (χ0n) is 11.8. The fraction of sp³-hybridized carbons (Fsp3) is 0.250. The van der Waals surface area contributed by atoms with E-state index in [4.69, 9.17) is 11.6 Å². The SMILES string of the molecule is CC(=O)c1cccnc1N(C)C(C)c1cccc(Cl)c1. The lowest BCUT2D eigenvalue weighted by Gasteiger charge is -2.27. The standard InChI is InChI=1S/C16H17ClN2O/c1-11(13-6-4-7-14(17)10-13)19(3)16-15(12(2)20)8-5-9-18-16/h4-11H,1-3H3. The van der Waals surface area contributed by atoms with Gasteiger partial charge in [0, 0.05) is 18.3 Å². The molecule has 104 valence electrons. The molecule has 20 heavy (non-hydrogen) atoms. The molecule has 1 aromatic carbocycles. The lowest BCUT2D eigenvalue weighted by Crippen LogP contribution is -2.24. The van der Waals surface area contributed by atoms with Crippen LogP contribution in [0.25, 0.3) is 0 Å². The number of ketones is 1. The maximum absolute atomic E-state index is 11.7. The Bertz CT molecular complexity index is 627.